The zero-order valence-electron chi connectivity index (χ0n) is 16.0. The number of nitro benzene ring substituents is 1. The maximum atomic E-state index is 11.9. The number of hydrogen-bond donors (Lipinski definition) is 2. The quantitative estimate of drug-likeness (QED) is 0.292. The summed E-state index contributed by atoms with van der Waals surface area (Å²) in [5.74, 6) is -1.59. The molecule has 0 fully saturated rings. The van der Waals surface area contributed by atoms with Gasteiger partial charge in [-0.1, -0.05) is 18.2 Å². The molecule has 0 aliphatic rings. The molecule has 2 aromatic carbocycles. The highest BCUT2D eigenvalue weighted by Crippen LogP contribution is 2.19. The fourth-order valence-electron chi connectivity index (χ4n) is 2.22. The number of hydrazine groups is 1. The van der Waals surface area contributed by atoms with Crippen LogP contribution in [0.1, 0.15) is 22.8 Å². The van der Waals surface area contributed by atoms with Crippen LogP contribution in [0, 0.1) is 10.1 Å². The molecular weight excluding hydrogens is 394 g/mol. The van der Waals surface area contributed by atoms with Crippen LogP contribution >= 0.6 is 0 Å². The molecule has 2 N–H and O–H groups in total. The van der Waals surface area contributed by atoms with Gasteiger partial charge in [0.05, 0.1) is 11.5 Å². The molecule has 30 heavy (non-hydrogen) atoms. The van der Waals surface area contributed by atoms with E-state index in [-0.39, 0.29) is 11.3 Å². The summed E-state index contributed by atoms with van der Waals surface area (Å²) < 4.78 is 10.2. The van der Waals surface area contributed by atoms with Crippen LogP contribution in [0.4, 0.5) is 5.69 Å². The van der Waals surface area contributed by atoms with Crippen LogP contribution in [0.3, 0.4) is 0 Å². The van der Waals surface area contributed by atoms with Crippen molar-refractivity contribution in [1.82, 2.24) is 10.9 Å². The number of esters is 1. The molecule has 0 bridgehead atoms. The molecule has 0 aliphatic heterocycles. The molecule has 0 spiro atoms. The molecule has 0 saturated heterocycles. The van der Waals surface area contributed by atoms with Gasteiger partial charge in [0.2, 0.25) is 0 Å². The smallest absolute Gasteiger partial charge is 0.331 e. The van der Waals surface area contributed by atoms with E-state index in [9.17, 15) is 24.5 Å². The molecule has 2 rings (SSSR count). The molecule has 0 heterocycles. The van der Waals surface area contributed by atoms with E-state index in [2.05, 4.69) is 10.9 Å². The van der Waals surface area contributed by atoms with E-state index >= 15 is 0 Å². The Labute approximate surface area is 171 Å². The van der Waals surface area contributed by atoms with Crippen molar-refractivity contribution in [3.05, 3.63) is 75.8 Å². The molecule has 10 heteroatoms. The van der Waals surface area contributed by atoms with Crippen LogP contribution in [0.5, 0.6) is 5.75 Å². The number of benzene rings is 2. The Kier molecular flexibility index (Phi) is 8.06. The first kappa shape index (κ1) is 22.1. The third-order valence-electron chi connectivity index (χ3n) is 3.62. The van der Waals surface area contributed by atoms with E-state index in [1.807, 2.05) is 6.92 Å². The Hall–Kier alpha value is -4.21. The summed E-state index contributed by atoms with van der Waals surface area (Å²) in [6.45, 7) is 1.70. The molecule has 2 aromatic rings. The highest BCUT2D eigenvalue weighted by atomic mass is 16.6. The van der Waals surface area contributed by atoms with Gasteiger partial charge in [-0.3, -0.25) is 30.6 Å². The van der Waals surface area contributed by atoms with Crippen molar-refractivity contribution < 1.29 is 28.8 Å². The monoisotopic (exact) mass is 413 g/mol. The van der Waals surface area contributed by atoms with Gasteiger partial charge in [0.15, 0.2) is 6.61 Å². The highest BCUT2D eigenvalue weighted by molar-refractivity contribution is 5.96. The van der Waals surface area contributed by atoms with Crippen molar-refractivity contribution in [2.75, 3.05) is 13.2 Å². The molecule has 2 amide bonds. The molecule has 10 nitrogen and oxygen atoms in total. The Morgan fingerprint density at radius 1 is 1.07 bits per heavy atom. The zero-order valence-corrected chi connectivity index (χ0v) is 16.0. The lowest BCUT2D eigenvalue weighted by molar-refractivity contribution is -0.384. The van der Waals surface area contributed by atoms with Crippen molar-refractivity contribution in [2.45, 2.75) is 6.92 Å². The van der Waals surface area contributed by atoms with Gasteiger partial charge in [-0.25, -0.2) is 4.79 Å². The summed E-state index contributed by atoms with van der Waals surface area (Å²) in [5.41, 5.74) is 4.81. The lowest BCUT2D eigenvalue weighted by Gasteiger charge is -2.08. The maximum Gasteiger partial charge on any atom is 0.331 e. The number of rotatable bonds is 8. The summed E-state index contributed by atoms with van der Waals surface area (Å²) >= 11 is 0. The second-order valence-corrected chi connectivity index (χ2v) is 5.72. The fourth-order valence-corrected chi connectivity index (χ4v) is 2.22. The second kappa shape index (κ2) is 11.0. The number of carbonyl (C=O) groups excluding carboxylic acids is 3. The number of non-ortho nitro benzene ring substituents is 1. The molecule has 0 atom stereocenters. The highest BCUT2D eigenvalue weighted by Gasteiger charge is 2.11. The van der Waals surface area contributed by atoms with Crippen molar-refractivity contribution >= 4 is 29.5 Å². The van der Waals surface area contributed by atoms with E-state index in [0.29, 0.717) is 17.9 Å². The number of hydrogen-bond acceptors (Lipinski definition) is 7. The van der Waals surface area contributed by atoms with Crippen molar-refractivity contribution in [3.63, 3.8) is 0 Å². The number of nitrogens with one attached hydrogen (secondary N) is 2. The number of para-hydroxylation sites is 1. The topological polar surface area (TPSA) is 137 Å². The van der Waals surface area contributed by atoms with E-state index in [4.69, 9.17) is 9.47 Å². The van der Waals surface area contributed by atoms with E-state index < -0.39 is 29.3 Å². The molecular formula is C20H19N3O7. The average molecular weight is 413 g/mol. The molecule has 156 valence electrons. The average Bonchev–Trinajstić information content (AvgIpc) is 2.75. The summed E-state index contributed by atoms with van der Waals surface area (Å²) in [6.07, 6.45) is 2.65. The minimum Gasteiger partial charge on any atom is -0.493 e. The first-order valence-electron chi connectivity index (χ1n) is 8.81. The standard InChI is InChI=1S/C20H19N3O7/c1-2-29-17-6-4-3-5-14(17)9-12-19(25)30-13-18(24)21-22-20(26)15-7-10-16(11-8-15)23(27)28/h3-12H,2,13H2,1H3,(H,21,24)(H,22,26)/b12-9+. The van der Waals surface area contributed by atoms with Gasteiger partial charge in [-0.05, 0) is 31.2 Å². The summed E-state index contributed by atoms with van der Waals surface area (Å²) in [5, 5.41) is 10.6. The Balaban J connectivity index is 1.78. The minimum atomic E-state index is -0.762. The lowest BCUT2D eigenvalue weighted by atomic mass is 10.2. The Bertz CT molecular complexity index is 955. The number of nitrogens with zero attached hydrogens (tertiary/aromatic N) is 1. The van der Waals surface area contributed by atoms with Gasteiger partial charge >= 0.3 is 5.97 Å². The van der Waals surface area contributed by atoms with Crippen molar-refractivity contribution in [1.29, 1.82) is 0 Å². The van der Waals surface area contributed by atoms with Crippen molar-refractivity contribution in [3.8, 4) is 5.75 Å². The van der Waals surface area contributed by atoms with Crippen LogP contribution in [0.15, 0.2) is 54.6 Å². The van der Waals surface area contributed by atoms with E-state index in [0.717, 1.165) is 18.2 Å². The van der Waals surface area contributed by atoms with Gasteiger partial charge in [-0.2, -0.15) is 0 Å². The second-order valence-electron chi connectivity index (χ2n) is 5.72. The SMILES string of the molecule is CCOc1ccccc1/C=C/C(=O)OCC(=O)NNC(=O)c1ccc([N+](=O)[O-])cc1. The molecule has 0 saturated carbocycles. The first-order chi connectivity index (χ1) is 14.4. The zero-order chi connectivity index (χ0) is 21.9. The molecule has 0 radical (unpaired) electrons. The maximum absolute atomic E-state index is 11.9. The molecule has 0 aliphatic carbocycles. The van der Waals surface area contributed by atoms with E-state index in [1.54, 1.807) is 24.3 Å². The lowest BCUT2D eigenvalue weighted by Crippen LogP contribution is -2.43. The normalized spacial score (nSPS) is 10.3. The fraction of sp³-hybridized carbons (Fsp3) is 0.150. The third kappa shape index (κ3) is 6.75. The number of amides is 2. The van der Waals surface area contributed by atoms with Gasteiger partial charge in [0.1, 0.15) is 5.75 Å². The summed E-state index contributed by atoms with van der Waals surface area (Å²) in [4.78, 5) is 45.4. The third-order valence-corrected chi connectivity index (χ3v) is 3.62. The Morgan fingerprint density at radius 3 is 2.43 bits per heavy atom. The Morgan fingerprint density at radius 2 is 1.77 bits per heavy atom. The van der Waals surface area contributed by atoms with Crippen LogP contribution in [-0.4, -0.2) is 35.9 Å². The van der Waals surface area contributed by atoms with Gasteiger partial charge in [0.25, 0.3) is 17.5 Å². The van der Waals surface area contributed by atoms with Gasteiger partial charge in [0, 0.05) is 29.3 Å². The van der Waals surface area contributed by atoms with Crippen molar-refractivity contribution in [2.24, 2.45) is 0 Å². The van der Waals surface area contributed by atoms with E-state index in [1.165, 1.54) is 18.2 Å². The number of ether oxygens (including phenoxy) is 2. The van der Waals surface area contributed by atoms with Crippen LogP contribution in [0.2, 0.25) is 0 Å². The minimum absolute atomic E-state index is 0.105. The largest absolute Gasteiger partial charge is 0.493 e. The van der Waals surface area contributed by atoms with Crippen LogP contribution < -0.4 is 15.6 Å². The predicted molar refractivity (Wildman–Crippen MR) is 106 cm³/mol. The molecule has 0 unspecified atom stereocenters. The van der Waals surface area contributed by atoms with Crippen LogP contribution in [-0.2, 0) is 14.3 Å². The summed E-state index contributed by atoms with van der Waals surface area (Å²) in [7, 11) is 0. The van der Waals surface area contributed by atoms with Gasteiger partial charge < -0.3 is 9.47 Å². The summed E-state index contributed by atoms with van der Waals surface area (Å²) in [6, 6.07) is 11.9. The predicted octanol–water partition coefficient (Wildman–Crippen LogP) is 2.01. The first-order valence-corrected chi connectivity index (χ1v) is 8.81. The molecule has 0 aromatic heterocycles. The van der Waals surface area contributed by atoms with Crippen LogP contribution in [0.25, 0.3) is 6.08 Å². The number of carbonyl (C=O) groups is 3. The van der Waals surface area contributed by atoms with Gasteiger partial charge in [-0.15, -0.1) is 0 Å². The number of nitro groups is 1.